The van der Waals surface area contributed by atoms with Crippen LogP contribution in [0.5, 0.6) is 0 Å². The Balaban J connectivity index is 2.63. The van der Waals surface area contributed by atoms with E-state index in [4.69, 9.17) is 0 Å². The second-order valence-electron chi connectivity index (χ2n) is 3.13. The SMILES string of the molecule is CNCc1cccc2c([N+](=O)[O-])ncn12. The molecular weight excluding hydrogens is 196 g/mol. The minimum absolute atomic E-state index is 0.104. The van der Waals surface area contributed by atoms with E-state index < -0.39 is 4.92 Å². The number of nitrogens with one attached hydrogen (secondary N) is 1. The Labute approximate surface area is 85.7 Å². The van der Waals surface area contributed by atoms with E-state index in [9.17, 15) is 10.1 Å². The largest absolute Gasteiger partial charge is 0.389 e. The number of hydrogen-bond acceptors (Lipinski definition) is 4. The Bertz CT molecular complexity index is 506. The molecule has 0 aromatic carbocycles. The summed E-state index contributed by atoms with van der Waals surface area (Å²) >= 11 is 0. The topological polar surface area (TPSA) is 72.5 Å². The predicted molar refractivity (Wildman–Crippen MR) is 54.6 cm³/mol. The van der Waals surface area contributed by atoms with Crippen molar-refractivity contribution < 1.29 is 4.92 Å². The van der Waals surface area contributed by atoms with Crippen molar-refractivity contribution >= 4 is 11.3 Å². The van der Waals surface area contributed by atoms with Crippen molar-refractivity contribution in [1.29, 1.82) is 0 Å². The highest BCUT2D eigenvalue weighted by atomic mass is 16.6. The highest BCUT2D eigenvalue weighted by Crippen LogP contribution is 2.18. The number of imidazole rings is 1. The van der Waals surface area contributed by atoms with Gasteiger partial charge < -0.3 is 15.4 Å². The van der Waals surface area contributed by atoms with Crippen molar-refractivity contribution in [2.24, 2.45) is 0 Å². The molecule has 0 amide bonds. The van der Waals surface area contributed by atoms with Gasteiger partial charge in [-0.25, -0.2) is 0 Å². The maximum absolute atomic E-state index is 10.7. The number of fused-ring (bicyclic) bond motifs is 1. The molecule has 1 N–H and O–H groups in total. The Morgan fingerprint density at radius 1 is 1.60 bits per heavy atom. The molecule has 2 rings (SSSR count). The van der Waals surface area contributed by atoms with E-state index in [1.165, 1.54) is 6.33 Å². The van der Waals surface area contributed by atoms with Gasteiger partial charge in [0.1, 0.15) is 5.52 Å². The average Bonchev–Trinajstić information content (AvgIpc) is 2.62. The molecule has 0 spiro atoms. The van der Waals surface area contributed by atoms with Crippen LogP contribution in [0.15, 0.2) is 24.5 Å². The number of aromatic nitrogens is 2. The molecule has 0 bridgehead atoms. The molecule has 0 aliphatic carbocycles. The standard InChI is InChI=1S/C9H10N4O2/c1-10-5-7-3-2-4-8-9(13(14)15)11-6-12(7)8/h2-4,6,10H,5H2,1H3. The van der Waals surface area contributed by atoms with E-state index in [0.717, 1.165) is 5.69 Å². The second kappa shape index (κ2) is 3.66. The van der Waals surface area contributed by atoms with Crippen molar-refractivity contribution in [3.8, 4) is 0 Å². The highest BCUT2D eigenvalue weighted by Gasteiger charge is 2.16. The first-order chi connectivity index (χ1) is 7.24. The summed E-state index contributed by atoms with van der Waals surface area (Å²) in [4.78, 5) is 14.0. The van der Waals surface area contributed by atoms with Crippen LogP contribution in [-0.2, 0) is 6.54 Å². The third kappa shape index (κ3) is 1.55. The number of rotatable bonds is 3. The lowest BCUT2D eigenvalue weighted by molar-refractivity contribution is -0.387. The number of hydrogen-bond donors (Lipinski definition) is 1. The zero-order valence-electron chi connectivity index (χ0n) is 8.17. The van der Waals surface area contributed by atoms with Crippen LogP contribution in [0.3, 0.4) is 0 Å². The van der Waals surface area contributed by atoms with Gasteiger partial charge in [0.15, 0.2) is 0 Å². The van der Waals surface area contributed by atoms with Crippen LogP contribution in [-0.4, -0.2) is 21.4 Å². The van der Waals surface area contributed by atoms with Crippen molar-refractivity contribution in [2.45, 2.75) is 6.54 Å². The molecule has 78 valence electrons. The van der Waals surface area contributed by atoms with Gasteiger partial charge in [0, 0.05) is 12.2 Å². The minimum Gasteiger partial charge on any atom is -0.358 e. The lowest BCUT2D eigenvalue weighted by Crippen LogP contribution is -2.08. The Kier molecular flexibility index (Phi) is 2.34. The number of nitro groups is 1. The summed E-state index contributed by atoms with van der Waals surface area (Å²) in [6.45, 7) is 0.644. The summed E-state index contributed by atoms with van der Waals surface area (Å²) in [6.07, 6.45) is 1.47. The molecule has 2 aromatic heterocycles. The molecule has 0 radical (unpaired) electrons. The van der Waals surface area contributed by atoms with Crippen molar-refractivity contribution in [1.82, 2.24) is 14.7 Å². The van der Waals surface area contributed by atoms with E-state index >= 15 is 0 Å². The first-order valence-electron chi connectivity index (χ1n) is 4.48. The van der Waals surface area contributed by atoms with Crippen molar-refractivity contribution in [2.75, 3.05) is 7.05 Å². The van der Waals surface area contributed by atoms with Gasteiger partial charge >= 0.3 is 5.82 Å². The zero-order valence-corrected chi connectivity index (χ0v) is 8.17. The average molecular weight is 206 g/mol. The van der Waals surface area contributed by atoms with Crippen LogP contribution in [0.2, 0.25) is 0 Å². The van der Waals surface area contributed by atoms with Crippen molar-refractivity contribution in [3.63, 3.8) is 0 Å². The van der Waals surface area contributed by atoms with E-state index in [-0.39, 0.29) is 5.82 Å². The fraction of sp³-hybridized carbons (Fsp3) is 0.222. The van der Waals surface area contributed by atoms with Gasteiger partial charge in [-0.15, -0.1) is 0 Å². The summed E-state index contributed by atoms with van der Waals surface area (Å²) in [5.41, 5.74) is 1.46. The molecular formula is C9H10N4O2. The molecule has 6 heteroatoms. The maximum atomic E-state index is 10.7. The zero-order chi connectivity index (χ0) is 10.8. The van der Waals surface area contributed by atoms with E-state index in [2.05, 4.69) is 10.3 Å². The van der Waals surface area contributed by atoms with Crippen molar-refractivity contribution in [3.05, 3.63) is 40.3 Å². The molecule has 0 saturated heterocycles. The van der Waals surface area contributed by atoms with Crippen LogP contribution in [0.1, 0.15) is 5.69 Å². The predicted octanol–water partition coefficient (Wildman–Crippen LogP) is 0.962. The molecule has 15 heavy (non-hydrogen) atoms. The third-order valence-electron chi connectivity index (χ3n) is 2.17. The van der Waals surface area contributed by atoms with Gasteiger partial charge in [-0.3, -0.25) is 4.40 Å². The lowest BCUT2D eigenvalue weighted by atomic mass is 10.3. The van der Waals surface area contributed by atoms with Crippen LogP contribution in [0, 0.1) is 10.1 Å². The summed E-state index contributed by atoms with van der Waals surface area (Å²) in [7, 11) is 1.82. The normalized spacial score (nSPS) is 10.7. The van der Waals surface area contributed by atoms with Gasteiger partial charge in [-0.05, 0) is 29.1 Å². The monoisotopic (exact) mass is 206 g/mol. The van der Waals surface area contributed by atoms with Crippen LogP contribution in [0.4, 0.5) is 5.82 Å². The number of pyridine rings is 1. The van der Waals surface area contributed by atoms with Crippen LogP contribution < -0.4 is 5.32 Å². The van der Waals surface area contributed by atoms with Gasteiger partial charge in [-0.2, -0.15) is 0 Å². The van der Waals surface area contributed by atoms with E-state index in [1.807, 2.05) is 13.1 Å². The Hall–Kier alpha value is -1.95. The Morgan fingerprint density at radius 3 is 3.07 bits per heavy atom. The molecule has 0 unspecified atom stereocenters. The lowest BCUT2D eigenvalue weighted by Gasteiger charge is -2.02. The van der Waals surface area contributed by atoms with Gasteiger partial charge in [0.2, 0.25) is 6.33 Å². The van der Waals surface area contributed by atoms with Gasteiger partial charge in [0.05, 0.1) is 0 Å². The second-order valence-corrected chi connectivity index (χ2v) is 3.13. The molecule has 0 fully saturated rings. The van der Waals surface area contributed by atoms with E-state index in [0.29, 0.717) is 12.1 Å². The highest BCUT2D eigenvalue weighted by molar-refractivity contribution is 5.61. The van der Waals surface area contributed by atoms with Crippen LogP contribution in [0.25, 0.3) is 5.52 Å². The molecule has 0 aliphatic heterocycles. The molecule has 2 aromatic rings. The quantitative estimate of drug-likeness (QED) is 0.599. The fourth-order valence-corrected chi connectivity index (χ4v) is 1.53. The fourth-order valence-electron chi connectivity index (χ4n) is 1.53. The smallest absolute Gasteiger partial charge is 0.358 e. The van der Waals surface area contributed by atoms with Gasteiger partial charge in [-0.1, -0.05) is 6.07 Å². The van der Waals surface area contributed by atoms with Gasteiger partial charge in [0.25, 0.3) is 0 Å². The summed E-state index contributed by atoms with van der Waals surface area (Å²) in [5, 5.41) is 13.7. The summed E-state index contributed by atoms with van der Waals surface area (Å²) in [6, 6.07) is 5.37. The molecule has 0 saturated carbocycles. The van der Waals surface area contributed by atoms with Crippen LogP contribution >= 0.6 is 0 Å². The first-order valence-corrected chi connectivity index (χ1v) is 4.48. The first kappa shape index (κ1) is 9.60. The van der Waals surface area contributed by atoms with E-state index in [1.54, 1.807) is 16.5 Å². The maximum Gasteiger partial charge on any atom is 0.389 e. The molecule has 6 nitrogen and oxygen atoms in total. The summed E-state index contributed by atoms with van der Waals surface area (Å²) < 4.78 is 1.72. The molecule has 0 aliphatic rings. The molecule has 0 atom stereocenters. The Morgan fingerprint density at radius 2 is 2.40 bits per heavy atom. The third-order valence-corrected chi connectivity index (χ3v) is 2.17. The summed E-state index contributed by atoms with van der Waals surface area (Å²) in [5.74, 6) is -0.104. The molecule has 2 heterocycles. The minimum atomic E-state index is -0.474. The number of nitrogens with zero attached hydrogens (tertiary/aromatic N) is 3.